The highest BCUT2D eigenvalue weighted by Crippen LogP contribution is 2.21. The number of benzene rings is 2. The van der Waals surface area contributed by atoms with Gasteiger partial charge in [0.25, 0.3) is 15.9 Å². The standard InChI is InChI=1S/C21H26N4O5S2/c1-15(2)23-31(27,28)18-11-9-16(10-12-18)21(26)22-17-6-4-7-19(14-17)32(29,30)24-20-8-5-13-25(20)3/h4,6-7,9-12,14-15,23H,5,8,13H2,1-3H3,(H,22,26)/b24-20+. The van der Waals surface area contributed by atoms with Crippen molar-refractivity contribution in [2.24, 2.45) is 4.40 Å². The van der Waals surface area contributed by atoms with Gasteiger partial charge >= 0.3 is 0 Å². The molecule has 9 nitrogen and oxygen atoms in total. The average molecular weight is 479 g/mol. The summed E-state index contributed by atoms with van der Waals surface area (Å²) in [5.74, 6) is 0.0172. The Labute approximate surface area is 188 Å². The number of anilines is 1. The molecule has 2 aromatic rings. The fourth-order valence-electron chi connectivity index (χ4n) is 3.20. The summed E-state index contributed by atoms with van der Waals surface area (Å²) in [6.07, 6.45) is 1.46. The number of amides is 1. The van der Waals surface area contributed by atoms with Crippen molar-refractivity contribution < 1.29 is 21.6 Å². The normalized spacial score (nSPS) is 16.0. The number of hydrogen-bond donors (Lipinski definition) is 2. The number of likely N-dealkylation sites (tertiary alicyclic amines) is 1. The topological polar surface area (TPSA) is 125 Å². The van der Waals surface area contributed by atoms with E-state index in [1.807, 2.05) is 4.90 Å². The summed E-state index contributed by atoms with van der Waals surface area (Å²) in [6, 6.07) is 11.1. The molecule has 0 radical (unpaired) electrons. The van der Waals surface area contributed by atoms with Gasteiger partial charge in [0, 0.05) is 37.3 Å². The van der Waals surface area contributed by atoms with E-state index in [9.17, 15) is 21.6 Å². The first kappa shape index (κ1) is 23.9. The van der Waals surface area contributed by atoms with Gasteiger partial charge < -0.3 is 10.2 Å². The van der Waals surface area contributed by atoms with Crippen LogP contribution in [0.25, 0.3) is 0 Å². The van der Waals surface area contributed by atoms with Gasteiger partial charge in [-0.25, -0.2) is 13.1 Å². The molecule has 32 heavy (non-hydrogen) atoms. The van der Waals surface area contributed by atoms with Gasteiger partial charge in [-0.05, 0) is 62.7 Å². The van der Waals surface area contributed by atoms with E-state index in [1.165, 1.54) is 42.5 Å². The molecule has 1 aliphatic heterocycles. The summed E-state index contributed by atoms with van der Waals surface area (Å²) in [5.41, 5.74) is 0.517. The van der Waals surface area contributed by atoms with Crippen LogP contribution >= 0.6 is 0 Å². The smallest absolute Gasteiger partial charge is 0.284 e. The SMILES string of the molecule is CC(C)NS(=O)(=O)c1ccc(C(=O)Nc2cccc(S(=O)(=O)/N=C3\CCCN3C)c2)cc1. The van der Waals surface area contributed by atoms with Crippen molar-refractivity contribution in [1.29, 1.82) is 0 Å². The second-order valence-electron chi connectivity index (χ2n) is 7.79. The lowest BCUT2D eigenvalue weighted by atomic mass is 10.2. The predicted octanol–water partition coefficient (Wildman–Crippen LogP) is 2.44. The van der Waals surface area contributed by atoms with Crippen LogP contribution in [0.15, 0.2) is 62.7 Å². The highest BCUT2D eigenvalue weighted by Gasteiger charge is 2.21. The van der Waals surface area contributed by atoms with E-state index in [2.05, 4.69) is 14.4 Å². The summed E-state index contributed by atoms with van der Waals surface area (Å²) >= 11 is 0. The number of carbonyl (C=O) groups excluding carboxylic acids is 1. The zero-order chi connectivity index (χ0) is 23.5. The first-order chi connectivity index (χ1) is 15.0. The monoisotopic (exact) mass is 478 g/mol. The zero-order valence-electron chi connectivity index (χ0n) is 18.1. The van der Waals surface area contributed by atoms with E-state index >= 15 is 0 Å². The van der Waals surface area contributed by atoms with Gasteiger partial charge in [-0.15, -0.1) is 4.40 Å². The quantitative estimate of drug-likeness (QED) is 0.630. The molecule has 1 aliphatic rings. The number of nitrogens with one attached hydrogen (secondary N) is 2. The van der Waals surface area contributed by atoms with Crippen LogP contribution in [0.1, 0.15) is 37.0 Å². The molecule has 1 heterocycles. The molecule has 1 saturated heterocycles. The van der Waals surface area contributed by atoms with Gasteiger partial charge in [0.1, 0.15) is 5.84 Å². The van der Waals surface area contributed by atoms with E-state index in [1.54, 1.807) is 27.0 Å². The van der Waals surface area contributed by atoms with Gasteiger partial charge in [0.05, 0.1) is 9.79 Å². The summed E-state index contributed by atoms with van der Waals surface area (Å²) in [7, 11) is -5.77. The Morgan fingerprint density at radius 1 is 1.03 bits per heavy atom. The minimum absolute atomic E-state index is 0.0238. The van der Waals surface area contributed by atoms with Gasteiger partial charge in [-0.3, -0.25) is 4.79 Å². The first-order valence-electron chi connectivity index (χ1n) is 10.1. The number of carbonyl (C=O) groups is 1. The predicted molar refractivity (Wildman–Crippen MR) is 123 cm³/mol. The van der Waals surface area contributed by atoms with E-state index in [0.29, 0.717) is 12.3 Å². The van der Waals surface area contributed by atoms with Gasteiger partial charge in [0.15, 0.2) is 0 Å². The highest BCUT2D eigenvalue weighted by molar-refractivity contribution is 7.90. The van der Waals surface area contributed by atoms with Crippen LogP contribution < -0.4 is 10.0 Å². The Morgan fingerprint density at radius 3 is 2.31 bits per heavy atom. The van der Waals surface area contributed by atoms with Crippen LogP contribution in [-0.4, -0.2) is 53.1 Å². The lowest BCUT2D eigenvalue weighted by Crippen LogP contribution is -2.30. The van der Waals surface area contributed by atoms with E-state index in [-0.39, 0.29) is 27.1 Å². The maximum Gasteiger partial charge on any atom is 0.284 e. The van der Waals surface area contributed by atoms with Gasteiger partial charge in [-0.1, -0.05) is 6.07 Å². The molecule has 1 amide bonds. The second-order valence-corrected chi connectivity index (χ2v) is 11.1. The van der Waals surface area contributed by atoms with Crippen LogP contribution in [0.4, 0.5) is 5.69 Å². The number of rotatable bonds is 7. The molecular weight excluding hydrogens is 452 g/mol. The maximum atomic E-state index is 12.7. The minimum Gasteiger partial charge on any atom is -0.362 e. The molecule has 0 aliphatic carbocycles. The fourth-order valence-corrected chi connectivity index (χ4v) is 5.59. The lowest BCUT2D eigenvalue weighted by Gasteiger charge is -2.12. The Morgan fingerprint density at radius 2 is 1.72 bits per heavy atom. The number of amidine groups is 1. The summed E-state index contributed by atoms with van der Waals surface area (Å²) in [4.78, 5) is 14.4. The first-order valence-corrected chi connectivity index (χ1v) is 13.0. The molecule has 0 aromatic heterocycles. The maximum absolute atomic E-state index is 12.7. The van der Waals surface area contributed by atoms with Gasteiger partial charge in [0.2, 0.25) is 10.0 Å². The Bertz CT molecular complexity index is 1240. The van der Waals surface area contributed by atoms with Crippen molar-refractivity contribution in [3.05, 3.63) is 54.1 Å². The molecule has 0 atom stereocenters. The van der Waals surface area contributed by atoms with E-state index in [0.717, 1.165) is 13.0 Å². The molecule has 172 valence electrons. The summed E-state index contributed by atoms with van der Waals surface area (Å²) < 4.78 is 56.1. The fraction of sp³-hybridized carbons (Fsp3) is 0.333. The Hall–Kier alpha value is -2.76. The van der Waals surface area contributed by atoms with Crippen molar-refractivity contribution in [1.82, 2.24) is 9.62 Å². The number of hydrogen-bond acceptors (Lipinski definition) is 5. The molecule has 2 N–H and O–H groups in total. The molecule has 0 spiro atoms. The van der Waals surface area contributed by atoms with Crippen LogP contribution in [-0.2, 0) is 20.0 Å². The third-order valence-corrected chi connectivity index (χ3v) is 7.74. The Balaban J connectivity index is 1.76. The molecule has 0 saturated carbocycles. The van der Waals surface area contributed by atoms with Gasteiger partial charge in [-0.2, -0.15) is 8.42 Å². The summed E-state index contributed by atoms with van der Waals surface area (Å²) in [5, 5.41) is 2.64. The van der Waals surface area contributed by atoms with Crippen molar-refractivity contribution in [3.63, 3.8) is 0 Å². The van der Waals surface area contributed by atoms with Crippen LogP contribution in [0.5, 0.6) is 0 Å². The molecule has 1 fully saturated rings. The Kier molecular flexibility index (Phi) is 7.01. The second kappa shape index (κ2) is 9.39. The lowest BCUT2D eigenvalue weighted by molar-refractivity contribution is 0.102. The molecule has 11 heteroatoms. The third kappa shape index (κ3) is 5.72. The van der Waals surface area contributed by atoms with Crippen molar-refractivity contribution >= 4 is 37.5 Å². The van der Waals surface area contributed by atoms with E-state index < -0.39 is 26.0 Å². The average Bonchev–Trinajstić information content (AvgIpc) is 3.11. The highest BCUT2D eigenvalue weighted by atomic mass is 32.2. The largest absolute Gasteiger partial charge is 0.362 e. The number of sulfonamides is 2. The third-order valence-electron chi connectivity index (χ3n) is 4.77. The summed E-state index contributed by atoms with van der Waals surface area (Å²) in [6.45, 7) is 4.19. The molecule has 0 bridgehead atoms. The molecule has 2 aromatic carbocycles. The molecule has 3 rings (SSSR count). The number of nitrogens with zero attached hydrogens (tertiary/aromatic N) is 2. The van der Waals surface area contributed by atoms with Crippen LogP contribution in [0.3, 0.4) is 0 Å². The molecular formula is C21H26N4O5S2. The van der Waals surface area contributed by atoms with E-state index in [4.69, 9.17) is 0 Å². The van der Waals surface area contributed by atoms with Crippen molar-refractivity contribution in [2.75, 3.05) is 18.9 Å². The minimum atomic E-state index is -3.91. The van der Waals surface area contributed by atoms with Crippen LogP contribution in [0, 0.1) is 0 Å². The van der Waals surface area contributed by atoms with Crippen LogP contribution in [0.2, 0.25) is 0 Å². The zero-order valence-corrected chi connectivity index (χ0v) is 19.7. The van der Waals surface area contributed by atoms with Crippen molar-refractivity contribution in [2.45, 2.75) is 42.5 Å². The van der Waals surface area contributed by atoms with Crippen molar-refractivity contribution in [3.8, 4) is 0 Å². The molecule has 0 unspecified atom stereocenters.